The summed E-state index contributed by atoms with van der Waals surface area (Å²) in [6.45, 7) is 1.50. The van der Waals surface area contributed by atoms with Crippen LogP contribution in [0.15, 0.2) is 59.1 Å². The molecule has 0 unspecified atom stereocenters. The molecule has 0 aliphatic heterocycles. The molecule has 1 heterocycles. The van der Waals surface area contributed by atoms with E-state index in [9.17, 15) is 9.59 Å². The summed E-state index contributed by atoms with van der Waals surface area (Å²) in [6, 6.07) is 16.0. The summed E-state index contributed by atoms with van der Waals surface area (Å²) >= 11 is 5.92. The van der Waals surface area contributed by atoms with Crippen LogP contribution >= 0.6 is 11.6 Å². The average molecular weight is 381 g/mol. The molecule has 5 nitrogen and oxygen atoms in total. The Bertz CT molecular complexity index is 1020. The zero-order valence-electron chi connectivity index (χ0n) is 14.7. The number of carbonyl (C=O) groups is 2. The maximum Gasteiger partial charge on any atom is 0.236 e. The van der Waals surface area contributed by atoms with Crippen LogP contribution in [0, 0.1) is 0 Å². The second-order valence-electron chi connectivity index (χ2n) is 6.76. The van der Waals surface area contributed by atoms with E-state index in [1.165, 1.54) is 6.92 Å². The predicted octanol–water partition coefficient (Wildman–Crippen LogP) is 4.87. The summed E-state index contributed by atoms with van der Waals surface area (Å²) < 4.78 is 5.45. The number of benzene rings is 2. The number of nitrogens with zero attached hydrogens (tertiary/aromatic N) is 1. The van der Waals surface area contributed by atoms with Crippen LogP contribution in [0.4, 0.5) is 5.69 Å². The SMILES string of the molecule is CC(=O)c1cccc(NC(=O)C2(c3cc(-c4ccc(Cl)cc4)on3)CC2)c1. The van der Waals surface area contributed by atoms with E-state index < -0.39 is 5.41 Å². The number of Topliss-reactive ketones (excluding diaryl/α,β-unsaturated/α-hetero) is 1. The molecule has 0 atom stereocenters. The van der Waals surface area contributed by atoms with Crippen LogP contribution in [0.3, 0.4) is 0 Å². The first-order valence-electron chi connectivity index (χ1n) is 8.63. The number of aromatic nitrogens is 1. The van der Waals surface area contributed by atoms with Crippen molar-refractivity contribution in [3.63, 3.8) is 0 Å². The van der Waals surface area contributed by atoms with E-state index >= 15 is 0 Å². The molecule has 1 fully saturated rings. The number of anilines is 1. The number of halogens is 1. The van der Waals surface area contributed by atoms with Gasteiger partial charge in [-0.15, -0.1) is 0 Å². The maximum absolute atomic E-state index is 12.9. The van der Waals surface area contributed by atoms with Gasteiger partial charge in [0.05, 0.1) is 11.1 Å². The Labute approximate surface area is 161 Å². The van der Waals surface area contributed by atoms with Gasteiger partial charge in [0.2, 0.25) is 5.91 Å². The zero-order chi connectivity index (χ0) is 19.0. The lowest BCUT2D eigenvalue weighted by Crippen LogP contribution is -2.28. The van der Waals surface area contributed by atoms with Crippen LogP contribution < -0.4 is 5.32 Å². The Hall–Kier alpha value is -2.92. The molecule has 1 saturated carbocycles. The maximum atomic E-state index is 12.9. The molecular weight excluding hydrogens is 364 g/mol. The first-order chi connectivity index (χ1) is 13.0. The van der Waals surface area contributed by atoms with Gasteiger partial charge >= 0.3 is 0 Å². The van der Waals surface area contributed by atoms with Gasteiger partial charge in [-0.3, -0.25) is 9.59 Å². The van der Waals surface area contributed by atoms with Gasteiger partial charge in [-0.1, -0.05) is 28.9 Å². The molecule has 0 saturated heterocycles. The van der Waals surface area contributed by atoms with Gasteiger partial charge in [-0.25, -0.2) is 0 Å². The topological polar surface area (TPSA) is 72.2 Å². The fraction of sp³-hybridized carbons (Fsp3) is 0.190. The highest BCUT2D eigenvalue weighted by Gasteiger charge is 2.53. The van der Waals surface area contributed by atoms with Crippen LogP contribution in [0.5, 0.6) is 0 Å². The number of amides is 1. The lowest BCUT2D eigenvalue weighted by Gasteiger charge is -2.13. The lowest BCUT2D eigenvalue weighted by atomic mass is 10.00. The largest absolute Gasteiger partial charge is 0.356 e. The van der Waals surface area contributed by atoms with E-state index in [1.54, 1.807) is 36.4 Å². The molecule has 0 radical (unpaired) electrons. The van der Waals surface area contributed by atoms with Gasteiger partial charge in [0.25, 0.3) is 0 Å². The second kappa shape index (κ2) is 6.67. The number of rotatable bonds is 5. The molecule has 6 heteroatoms. The fourth-order valence-corrected chi connectivity index (χ4v) is 3.17. The Balaban J connectivity index is 1.55. The molecule has 3 aromatic rings. The van der Waals surface area contributed by atoms with Crippen molar-refractivity contribution in [2.24, 2.45) is 0 Å². The summed E-state index contributed by atoms with van der Waals surface area (Å²) in [5, 5.41) is 7.68. The monoisotopic (exact) mass is 380 g/mol. The summed E-state index contributed by atoms with van der Waals surface area (Å²) in [5.41, 5.74) is 1.95. The molecule has 2 aromatic carbocycles. The van der Waals surface area contributed by atoms with Gasteiger partial charge in [0.1, 0.15) is 0 Å². The zero-order valence-corrected chi connectivity index (χ0v) is 15.4. The van der Waals surface area contributed by atoms with Crippen LogP contribution in [-0.4, -0.2) is 16.8 Å². The van der Waals surface area contributed by atoms with Gasteiger partial charge < -0.3 is 9.84 Å². The Kier molecular flexibility index (Phi) is 4.32. The van der Waals surface area contributed by atoms with Crippen molar-refractivity contribution >= 4 is 29.0 Å². The van der Waals surface area contributed by atoms with Crippen LogP contribution in [0.2, 0.25) is 5.02 Å². The van der Waals surface area contributed by atoms with E-state index in [1.807, 2.05) is 18.2 Å². The van der Waals surface area contributed by atoms with Crippen LogP contribution in [-0.2, 0) is 10.2 Å². The standard InChI is InChI=1S/C21H17ClN2O3/c1-13(25)15-3-2-4-17(11-15)23-20(26)21(9-10-21)19-12-18(27-24-19)14-5-7-16(22)8-6-14/h2-8,11-12H,9-10H2,1H3,(H,23,26). The third-order valence-corrected chi connectivity index (χ3v) is 5.09. The number of ketones is 1. The summed E-state index contributed by atoms with van der Waals surface area (Å²) in [5.74, 6) is 0.412. The van der Waals surface area contributed by atoms with E-state index in [0.29, 0.717) is 40.6 Å². The minimum atomic E-state index is -0.680. The van der Waals surface area contributed by atoms with Gasteiger partial charge in [-0.05, 0) is 56.2 Å². The van der Waals surface area contributed by atoms with Crippen molar-refractivity contribution in [2.45, 2.75) is 25.2 Å². The third kappa shape index (κ3) is 3.38. The molecule has 1 aromatic heterocycles. The number of nitrogens with one attached hydrogen (secondary N) is 1. The van der Waals surface area contributed by atoms with Crippen LogP contribution in [0.25, 0.3) is 11.3 Å². The number of carbonyl (C=O) groups excluding carboxylic acids is 2. The van der Waals surface area contributed by atoms with Crippen molar-refractivity contribution in [1.82, 2.24) is 5.16 Å². The van der Waals surface area contributed by atoms with E-state index in [2.05, 4.69) is 10.5 Å². The highest BCUT2D eigenvalue weighted by Crippen LogP contribution is 2.49. The van der Waals surface area contributed by atoms with Gasteiger partial charge in [0, 0.05) is 27.9 Å². The number of hydrogen-bond acceptors (Lipinski definition) is 4. The smallest absolute Gasteiger partial charge is 0.236 e. The molecule has 27 heavy (non-hydrogen) atoms. The van der Waals surface area contributed by atoms with Crippen LogP contribution in [0.1, 0.15) is 35.8 Å². The Morgan fingerprint density at radius 3 is 2.52 bits per heavy atom. The third-order valence-electron chi connectivity index (χ3n) is 4.84. The van der Waals surface area contributed by atoms with Crippen molar-refractivity contribution in [3.8, 4) is 11.3 Å². The minimum absolute atomic E-state index is 0.0451. The quantitative estimate of drug-likeness (QED) is 0.641. The van der Waals surface area contributed by atoms with Gasteiger partial charge in [-0.2, -0.15) is 0 Å². The normalized spacial score (nSPS) is 14.6. The molecule has 1 N–H and O–H groups in total. The minimum Gasteiger partial charge on any atom is -0.356 e. The van der Waals surface area contributed by atoms with Crippen molar-refractivity contribution in [1.29, 1.82) is 0 Å². The van der Waals surface area contributed by atoms with Crippen molar-refractivity contribution in [3.05, 3.63) is 70.9 Å². The highest BCUT2D eigenvalue weighted by atomic mass is 35.5. The summed E-state index contributed by atoms with van der Waals surface area (Å²) in [4.78, 5) is 24.4. The van der Waals surface area contributed by atoms with E-state index in [-0.39, 0.29) is 11.7 Å². The molecule has 1 aliphatic rings. The average Bonchev–Trinajstić information content (AvgIpc) is 3.33. The summed E-state index contributed by atoms with van der Waals surface area (Å²) in [7, 11) is 0. The Morgan fingerprint density at radius 2 is 1.85 bits per heavy atom. The van der Waals surface area contributed by atoms with Crippen molar-refractivity contribution < 1.29 is 14.1 Å². The number of hydrogen-bond donors (Lipinski definition) is 1. The molecule has 1 aliphatic carbocycles. The second-order valence-corrected chi connectivity index (χ2v) is 7.19. The van der Waals surface area contributed by atoms with E-state index in [0.717, 1.165) is 5.56 Å². The summed E-state index contributed by atoms with van der Waals surface area (Å²) in [6.07, 6.45) is 1.41. The molecule has 4 rings (SSSR count). The Morgan fingerprint density at radius 1 is 1.11 bits per heavy atom. The van der Waals surface area contributed by atoms with Crippen molar-refractivity contribution in [2.75, 3.05) is 5.32 Å². The van der Waals surface area contributed by atoms with Gasteiger partial charge in [0.15, 0.2) is 11.5 Å². The molecule has 136 valence electrons. The first kappa shape index (κ1) is 17.5. The lowest BCUT2D eigenvalue weighted by molar-refractivity contribution is -0.118. The molecule has 0 bridgehead atoms. The fourth-order valence-electron chi connectivity index (χ4n) is 3.04. The molecule has 1 amide bonds. The molecule has 0 spiro atoms. The predicted molar refractivity (Wildman–Crippen MR) is 103 cm³/mol. The first-order valence-corrected chi connectivity index (χ1v) is 9.01. The molecular formula is C21H17ClN2O3. The van der Waals surface area contributed by atoms with E-state index in [4.69, 9.17) is 16.1 Å². The highest BCUT2D eigenvalue weighted by molar-refractivity contribution is 6.30.